The summed E-state index contributed by atoms with van der Waals surface area (Å²) in [6.45, 7) is -2.35. The molecule has 0 aromatic carbocycles. The lowest BCUT2D eigenvalue weighted by atomic mass is 9.84. The lowest BCUT2D eigenvalue weighted by molar-refractivity contribution is -0.330. The Bertz CT molecular complexity index is 1650. The normalized spacial score (nSPS) is 42.1. The van der Waals surface area contributed by atoms with E-state index in [-0.39, 0.29) is 0 Å². The summed E-state index contributed by atoms with van der Waals surface area (Å²) < 4.78 is 64.7. The van der Waals surface area contributed by atoms with Crippen molar-refractivity contribution in [3.8, 4) is 0 Å². The zero-order chi connectivity index (χ0) is 40.4. The third-order valence-corrected chi connectivity index (χ3v) is 9.05. The van der Waals surface area contributed by atoms with Crippen LogP contribution in [-0.2, 0) is 28.4 Å². The standard InChI is InChI=1S/C23H32F2N18O12/c24-23(25)18(37-43-31)22(51-8(19(23)49)3-33-39-27)53-15-6(35-41-29)1-5(34-40-28)11(45)17(15)55-21-14(48)16(9(4-44)52-21)54-20-10(36-42-30)13(47)12(46)7(50-20)2-32-38-26/h5-22,44-49H,1-4H2/t5-,6+,7+,8-,9-,10-,11+,12-,13-,14-,15-,16-,17-,18+,19-,20-,21+,22-/m1/s1. The first-order valence-electron chi connectivity index (χ1n) is 15.8. The molecule has 1 aliphatic carbocycles. The van der Waals surface area contributed by atoms with Crippen molar-refractivity contribution in [3.05, 3.63) is 62.7 Å². The molecule has 32 heteroatoms. The average Bonchev–Trinajstić information content (AvgIpc) is 3.46. The monoisotopic (exact) mass is 790 g/mol. The van der Waals surface area contributed by atoms with Gasteiger partial charge in [0.25, 0.3) is 5.92 Å². The Kier molecular flexibility index (Phi) is 15.0. The van der Waals surface area contributed by atoms with Crippen molar-refractivity contribution in [1.82, 2.24) is 0 Å². The van der Waals surface area contributed by atoms with Gasteiger partial charge in [-0.05, 0) is 39.6 Å². The van der Waals surface area contributed by atoms with Crippen LogP contribution in [0, 0.1) is 0 Å². The molecule has 1 saturated carbocycles. The Labute approximate surface area is 303 Å². The Hall–Kier alpha value is -4.76. The molecule has 3 heterocycles. The molecule has 3 aliphatic heterocycles. The number of rotatable bonds is 15. The van der Waals surface area contributed by atoms with Crippen LogP contribution in [0.25, 0.3) is 62.7 Å². The van der Waals surface area contributed by atoms with Gasteiger partial charge < -0.3 is 59.1 Å². The van der Waals surface area contributed by atoms with Crippen LogP contribution in [0.3, 0.4) is 0 Å². The van der Waals surface area contributed by atoms with Crippen molar-refractivity contribution in [2.75, 3.05) is 19.7 Å². The summed E-state index contributed by atoms with van der Waals surface area (Å²) in [4.78, 5) is 15.2. The minimum Gasteiger partial charge on any atom is -0.394 e. The summed E-state index contributed by atoms with van der Waals surface area (Å²) in [5.74, 6) is -4.31. The molecule has 300 valence electrons. The Morgan fingerprint density at radius 3 is 1.73 bits per heavy atom. The van der Waals surface area contributed by atoms with Gasteiger partial charge in [0.05, 0.1) is 62.3 Å². The van der Waals surface area contributed by atoms with E-state index in [9.17, 15) is 36.2 Å². The van der Waals surface area contributed by atoms with Crippen LogP contribution in [0.4, 0.5) is 8.78 Å². The maximum atomic E-state index is 15.4. The molecule has 4 rings (SSSR count). The molecule has 0 radical (unpaired) electrons. The lowest BCUT2D eigenvalue weighted by Gasteiger charge is -2.47. The van der Waals surface area contributed by atoms with E-state index in [1.54, 1.807) is 0 Å². The zero-order valence-electron chi connectivity index (χ0n) is 27.7. The summed E-state index contributed by atoms with van der Waals surface area (Å²) >= 11 is 0. The first-order valence-corrected chi connectivity index (χ1v) is 15.8. The molecule has 55 heavy (non-hydrogen) atoms. The highest BCUT2D eigenvalue weighted by Crippen LogP contribution is 2.41. The molecule has 4 fully saturated rings. The molecule has 0 bridgehead atoms. The van der Waals surface area contributed by atoms with Gasteiger partial charge in [-0.2, -0.15) is 0 Å². The fourth-order valence-electron chi connectivity index (χ4n) is 6.40. The average molecular weight is 791 g/mol. The van der Waals surface area contributed by atoms with Gasteiger partial charge in [0.2, 0.25) is 0 Å². The summed E-state index contributed by atoms with van der Waals surface area (Å²) in [6, 6.07) is -7.39. The summed E-state index contributed by atoms with van der Waals surface area (Å²) in [5, 5.41) is 83.9. The second-order valence-electron chi connectivity index (χ2n) is 12.1. The van der Waals surface area contributed by atoms with E-state index < -0.39 is 142 Å². The minimum absolute atomic E-state index is 0.510. The van der Waals surface area contributed by atoms with Crippen molar-refractivity contribution in [3.63, 3.8) is 0 Å². The van der Waals surface area contributed by atoms with Crippen LogP contribution in [0.1, 0.15) is 6.42 Å². The maximum Gasteiger partial charge on any atom is 0.289 e. The number of hydrogen-bond donors (Lipinski definition) is 6. The number of halogens is 2. The predicted octanol–water partition coefficient (Wildman–Crippen LogP) is 0.489. The zero-order valence-corrected chi connectivity index (χ0v) is 27.7. The number of alkyl halides is 2. The second-order valence-corrected chi connectivity index (χ2v) is 12.1. The van der Waals surface area contributed by atoms with Crippen LogP contribution in [0.5, 0.6) is 0 Å². The molecule has 6 N–H and O–H groups in total. The molecule has 0 spiro atoms. The van der Waals surface area contributed by atoms with Gasteiger partial charge in [0.1, 0.15) is 42.7 Å². The molecule has 18 atom stereocenters. The molecule has 0 aromatic heterocycles. The van der Waals surface area contributed by atoms with E-state index in [1.165, 1.54) is 0 Å². The first kappa shape index (κ1) is 43.0. The molecule has 0 amide bonds. The van der Waals surface area contributed by atoms with E-state index in [0.29, 0.717) is 0 Å². The highest BCUT2D eigenvalue weighted by atomic mass is 19.3. The van der Waals surface area contributed by atoms with Gasteiger partial charge in [-0.1, -0.05) is 30.7 Å². The molecule has 4 aliphatic rings. The number of azide groups is 6. The van der Waals surface area contributed by atoms with Crippen LogP contribution in [0.2, 0.25) is 0 Å². The summed E-state index contributed by atoms with van der Waals surface area (Å²) in [6.07, 6.45) is -27.5. The molecular formula is C23H32F2N18O12. The number of aliphatic hydroxyl groups excluding tert-OH is 6. The second kappa shape index (κ2) is 19.2. The molecular weight excluding hydrogens is 758 g/mol. The van der Waals surface area contributed by atoms with Gasteiger partial charge in [0, 0.05) is 29.5 Å². The molecule has 3 saturated heterocycles. The number of nitrogens with zero attached hydrogens (tertiary/aromatic N) is 18. The van der Waals surface area contributed by atoms with E-state index >= 15 is 8.78 Å². The van der Waals surface area contributed by atoms with Gasteiger partial charge in [0.15, 0.2) is 24.9 Å². The van der Waals surface area contributed by atoms with Crippen molar-refractivity contribution in [2.24, 2.45) is 30.7 Å². The highest BCUT2D eigenvalue weighted by Gasteiger charge is 2.60. The van der Waals surface area contributed by atoms with Gasteiger partial charge in [-0.15, -0.1) is 0 Å². The van der Waals surface area contributed by atoms with Gasteiger partial charge in [-0.3, -0.25) is 0 Å². The van der Waals surface area contributed by atoms with Crippen LogP contribution >= 0.6 is 0 Å². The fraction of sp³-hybridized carbons (Fsp3) is 1.00. The van der Waals surface area contributed by atoms with Gasteiger partial charge >= 0.3 is 0 Å². The highest BCUT2D eigenvalue weighted by molar-refractivity contribution is 5.06. The molecule has 30 nitrogen and oxygen atoms in total. The van der Waals surface area contributed by atoms with Gasteiger partial charge in [-0.25, -0.2) is 8.78 Å². The van der Waals surface area contributed by atoms with Crippen molar-refractivity contribution < 1.29 is 67.8 Å². The smallest absolute Gasteiger partial charge is 0.289 e. The SMILES string of the molecule is [N-]=[N+]=NC[C@@H]1O[C@H](O[C@H]2[C@@H](O)[C@H](O[C@@H]3[C@@H](O)[C@H](N=[N+]=[N-])C[C@H](N=[N+]=[N-])[C@H]3O[C@H]3O[C@H](CN=[N+]=[N-])[C@@H](O)C(F)(F)[C@H]3N=[N+]=[N-])O[C@@H]2CO)[C@H](N=[N+]=[N-])[C@@H](O)[C@@H]1O. The van der Waals surface area contributed by atoms with E-state index in [4.69, 9.17) is 56.1 Å². The topological polar surface area (TPSA) is 469 Å². The molecule has 0 aromatic rings. The summed E-state index contributed by atoms with van der Waals surface area (Å²) in [5.41, 5.74) is 54.0. The van der Waals surface area contributed by atoms with Crippen molar-refractivity contribution in [1.29, 1.82) is 0 Å². The lowest BCUT2D eigenvalue weighted by Crippen LogP contribution is -2.65. The third kappa shape index (κ3) is 9.21. The van der Waals surface area contributed by atoms with Crippen LogP contribution < -0.4 is 0 Å². The third-order valence-electron chi connectivity index (χ3n) is 9.05. The fourth-order valence-corrected chi connectivity index (χ4v) is 6.40. The summed E-state index contributed by atoms with van der Waals surface area (Å²) in [7, 11) is 0. The Morgan fingerprint density at radius 2 is 1.13 bits per heavy atom. The number of aliphatic hydroxyl groups is 6. The maximum absolute atomic E-state index is 15.4. The Balaban J connectivity index is 1.69. The van der Waals surface area contributed by atoms with Crippen molar-refractivity contribution >= 4 is 0 Å². The quantitative estimate of drug-likeness (QED) is 0.0750. The molecule has 0 unspecified atom stereocenters. The van der Waals surface area contributed by atoms with E-state index in [0.717, 1.165) is 0 Å². The van der Waals surface area contributed by atoms with Crippen LogP contribution in [0.15, 0.2) is 30.7 Å². The number of hydrogen-bond acceptors (Lipinski definition) is 18. The number of ether oxygens (including phenoxy) is 6. The van der Waals surface area contributed by atoms with Crippen LogP contribution in [-0.4, -0.2) is 166 Å². The first-order chi connectivity index (χ1) is 26.3. The van der Waals surface area contributed by atoms with E-state index in [1.807, 2.05) is 0 Å². The van der Waals surface area contributed by atoms with E-state index in [2.05, 4.69) is 60.2 Å². The predicted molar refractivity (Wildman–Crippen MR) is 167 cm³/mol. The largest absolute Gasteiger partial charge is 0.394 e. The van der Waals surface area contributed by atoms with Crippen molar-refractivity contribution in [2.45, 2.75) is 123 Å². The Morgan fingerprint density at radius 1 is 0.582 bits per heavy atom. The minimum atomic E-state index is -4.31.